The van der Waals surface area contributed by atoms with Crippen LogP contribution >= 0.6 is 0 Å². The molecule has 2 atom stereocenters. The number of nitrogens with two attached hydrogens (primary N) is 3. The molecule has 0 spiro atoms. The Morgan fingerprint density at radius 1 is 0.452 bits per heavy atom. The number of rotatable bonds is 19. The number of carbonyl (C=O) groups excluding carboxylic acids is 8. The van der Waals surface area contributed by atoms with E-state index in [1.165, 1.54) is 68.9 Å². The van der Waals surface area contributed by atoms with Crippen LogP contribution in [0.2, 0.25) is 0 Å². The molecule has 3 saturated heterocycles. The number of aromatic nitrogens is 12. The molecule has 3 aromatic carbocycles. The zero-order valence-corrected chi connectivity index (χ0v) is 70.3. The Labute approximate surface area is 713 Å². The monoisotopic (exact) mass is 1680 g/mol. The molecule has 0 bridgehead atoms. The molecular weight excluding hydrogens is 1580 g/mol. The van der Waals surface area contributed by atoms with E-state index in [4.69, 9.17) is 41.9 Å². The van der Waals surface area contributed by atoms with Crippen LogP contribution in [0.4, 0.5) is 34.5 Å². The van der Waals surface area contributed by atoms with Crippen LogP contribution in [0.15, 0.2) is 140 Å². The fraction of sp³-hybridized carbons (Fsp3) is 0.344. The second-order valence-corrected chi connectivity index (χ2v) is 32.1. The Kier molecular flexibility index (Phi) is 25.4. The van der Waals surface area contributed by atoms with Crippen LogP contribution in [-0.2, 0) is 24.0 Å². The maximum absolute atomic E-state index is 12.9. The highest BCUT2D eigenvalue weighted by Crippen LogP contribution is 2.42. The maximum Gasteiger partial charge on any atom is 0.251 e. The lowest BCUT2D eigenvalue weighted by Crippen LogP contribution is -2.49. The van der Waals surface area contributed by atoms with E-state index in [9.17, 15) is 58.8 Å². The van der Waals surface area contributed by atoms with Crippen molar-refractivity contribution in [2.45, 2.75) is 124 Å². The normalized spacial score (nSPS) is 15.1. The van der Waals surface area contributed by atoms with E-state index in [1.54, 1.807) is 51.9 Å². The van der Waals surface area contributed by atoms with E-state index >= 15 is 0 Å². The number of likely N-dealkylation sites (N-methyl/N-ethyl adjacent to an activating group) is 1. The highest BCUT2D eigenvalue weighted by Gasteiger charge is 2.40. The molecule has 0 radical (unpaired) electrons. The Morgan fingerprint density at radius 2 is 0.774 bits per heavy atom. The van der Waals surface area contributed by atoms with Gasteiger partial charge in [-0.3, -0.25) is 53.3 Å². The van der Waals surface area contributed by atoms with Gasteiger partial charge in [0.15, 0.2) is 34.3 Å². The predicted molar refractivity (Wildman–Crippen MR) is 467 cm³/mol. The summed E-state index contributed by atoms with van der Waals surface area (Å²) in [5, 5.41) is 57.5. The average Bonchev–Trinajstić information content (AvgIpc) is 1.56. The molecule has 13 heterocycles. The van der Waals surface area contributed by atoms with Crippen LogP contribution in [0.5, 0.6) is 5.75 Å². The second kappa shape index (κ2) is 36.5. The number of hydrogen-bond donors (Lipinski definition) is 9. The van der Waals surface area contributed by atoms with E-state index in [2.05, 4.69) is 53.9 Å². The van der Waals surface area contributed by atoms with Gasteiger partial charge >= 0.3 is 0 Å². The molecule has 5 amide bonds. The second-order valence-electron chi connectivity index (χ2n) is 32.1. The standard InChI is InChI=1S/C31H35N7O5.C30H33N7O4.C29H31N7O4/c1-18(41)26-27(21-10-12-37(13-11-21)30(43)31(3,16-39)17-40)36-29-24(15-34-38(29)28(26)32)22-6-9-25(33-14-22)20-4-7-23(8-5-20)35-19(2)42;1-17(38)26-27(19-8-10-36(11-9-19)30(40)18(2)39)34-29-22(16-33-37(29)28(26)31)21-4-6-23(32-15-21)20-5-7-24-25(14-20)41-13-12-35(24)3;1-16(37)25-26(20-10-12-35(13-11-20)29(40)17(2)38)34-28-23(15-32-36(28)27(25)30)21-6-9-24(31-14-21)19-4-7-22(8-5-19)33-18(3)39/h4-9,14-15,21,39-40H,10-13,16-17,32H2,1-3H3,(H,35,42);4-7,14-16,18-19,39H,8-13,31H2,1-3H3;4-9,14-15,17,20,38H,10-13,30H2,1-3H3,(H,33,39)/t;18-;17-/m.11/s1. The number of aliphatic hydroxyl groups excluding tert-OH is 4. The number of piperidine rings is 3. The molecule has 34 heteroatoms. The first-order chi connectivity index (χ1) is 59.4. The summed E-state index contributed by atoms with van der Waals surface area (Å²) in [5.41, 5.74) is 34.8. The van der Waals surface area contributed by atoms with Crippen molar-refractivity contribution in [3.63, 3.8) is 0 Å². The van der Waals surface area contributed by atoms with Gasteiger partial charge in [0.05, 0.1) is 100 Å². The number of aliphatic hydroxyl groups is 4. The molecule has 12 N–H and O–H groups in total. The van der Waals surface area contributed by atoms with Crippen molar-refractivity contribution >= 4 is 98.3 Å². The average molecular weight is 1680 g/mol. The van der Waals surface area contributed by atoms with Crippen LogP contribution in [-0.4, -0.2) is 226 Å². The third kappa shape index (κ3) is 17.8. The number of ketones is 3. The summed E-state index contributed by atoms with van der Waals surface area (Å²) < 4.78 is 10.3. The molecule has 12 aromatic rings. The van der Waals surface area contributed by atoms with Crippen LogP contribution in [0, 0.1) is 5.41 Å². The topological polar surface area (TPSA) is 471 Å². The Hall–Kier alpha value is -13.8. The van der Waals surface area contributed by atoms with Gasteiger partial charge in [-0.15, -0.1) is 0 Å². The third-order valence-corrected chi connectivity index (χ3v) is 23.2. The van der Waals surface area contributed by atoms with Crippen molar-refractivity contribution in [3.05, 3.63) is 174 Å². The van der Waals surface area contributed by atoms with Crippen LogP contribution in [0.3, 0.4) is 0 Å². The van der Waals surface area contributed by atoms with Gasteiger partial charge in [0.2, 0.25) is 17.7 Å². The van der Waals surface area contributed by atoms with E-state index in [1.807, 2.05) is 97.1 Å². The van der Waals surface area contributed by atoms with Gasteiger partial charge in [0.25, 0.3) is 11.8 Å². The van der Waals surface area contributed by atoms with Gasteiger partial charge < -0.3 is 72.6 Å². The summed E-state index contributed by atoms with van der Waals surface area (Å²) in [5.74, 6) is -0.510. The number of hydrogen-bond acceptors (Lipinski definition) is 26. The molecule has 642 valence electrons. The maximum atomic E-state index is 12.9. The number of Topliss-reactive ketones (excluding diaryl/α,β-unsaturated/α-hetero) is 3. The third-order valence-electron chi connectivity index (χ3n) is 23.2. The van der Waals surface area contributed by atoms with Crippen molar-refractivity contribution in [2.24, 2.45) is 5.41 Å². The minimum atomic E-state index is -1.24. The molecule has 0 aliphatic carbocycles. The SMILES string of the molecule is CC(=O)Nc1ccc(-c2ccc(-c3cnn4c(N)c(C(C)=O)c(C5CCN(C(=O)C(C)(CO)CO)CC5)nc34)cn2)cc1.CC(=O)Nc1ccc(-c2ccc(-c3cnn4c(N)c(C(C)=O)c(C5CCN(C(=O)[C@@H](C)O)CC5)nc34)cn2)cc1.CC(=O)c1c(C2CCN(C(=O)[C@@H](C)O)CC2)nc2c(-c3ccc(-c4ccc5c(c4)OCCN5C)nc3)cnn2c1N. The fourth-order valence-electron chi connectivity index (χ4n) is 16.4. The minimum Gasteiger partial charge on any atom is -0.490 e. The van der Waals surface area contributed by atoms with Crippen molar-refractivity contribution in [1.29, 1.82) is 0 Å². The van der Waals surface area contributed by atoms with Gasteiger partial charge in [-0.1, -0.05) is 48.5 Å². The molecular formula is C90H99N21O13. The highest BCUT2D eigenvalue weighted by molar-refractivity contribution is 6.03. The van der Waals surface area contributed by atoms with Crippen molar-refractivity contribution in [3.8, 4) is 72.9 Å². The van der Waals surface area contributed by atoms with E-state index in [0.29, 0.717) is 152 Å². The number of amides is 5. The van der Waals surface area contributed by atoms with Gasteiger partial charge in [-0.2, -0.15) is 28.8 Å². The number of nitrogens with zero attached hydrogens (tertiary/aromatic N) is 16. The lowest BCUT2D eigenvalue weighted by atomic mass is 9.86. The first-order valence-corrected chi connectivity index (χ1v) is 41.0. The summed E-state index contributed by atoms with van der Waals surface area (Å²) in [7, 11) is 2.05. The number of carbonyl (C=O) groups is 8. The number of nitrogens with one attached hydrogen (secondary N) is 2. The lowest BCUT2D eigenvalue weighted by Gasteiger charge is -2.37. The highest BCUT2D eigenvalue weighted by atomic mass is 16.5. The number of benzene rings is 3. The number of likely N-dealkylation sites (tertiary alicyclic amines) is 3. The quantitative estimate of drug-likeness (QED) is 0.0340. The minimum absolute atomic E-state index is 0.0622. The Morgan fingerprint density at radius 3 is 1.08 bits per heavy atom. The summed E-state index contributed by atoms with van der Waals surface area (Å²) in [6, 6.07) is 32.5. The van der Waals surface area contributed by atoms with Crippen molar-refractivity contribution < 1.29 is 63.5 Å². The van der Waals surface area contributed by atoms with E-state index < -0.39 is 30.8 Å². The van der Waals surface area contributed by atoms with Crippen molar-refractivity contribution in [1.82, 2.24) is 73.4 Å². The molecule has 124 heavy (non-hydrogen) atoms. The Balaban J connectivity index is 0.000000151. The number of nitrogen functional groups attached to an aromatic ring is 3. The smallest absolute Gasteiger partial charge is 0.251 e. The molecule has 3 fully saturated rings. The number of anilines is 6. The first-order valence-electron chi connectivity index (χ1n) is 41.0. The van der Waals surface area contributed by atoms with E-state index in [-0.39, 0.29) is 82.1 Å². The van der Waals surface area contributed by atoms with Gasteiger partial charge in [0, 0.05) is 158 Å². The summed E-state index contributed by atoms with van der Waals surface area (Å²) >= 11 is 0. The van der Waals surface area contributed by atoms with Gasteiger partial charge in [-0.05, 0) is 135 Å². The summed E-state index contributed by atoms with van der Waals surface area (Å²) in [6.45, 7) is 15.1. The molecule has 16 rings (SSSR count). The molecule has 34 nitrogen and oxygen atoms in total. The van der Waals surface area contributed by atoms with Crippen LogP contribution in [0.1, 0.15) is 160 Å². The molecule has 4 aliphatic rings. The van der Waals surface area contributed by atoms with Crippen LogP contribution in [0.25, 0.3) is 84.1 Å². The number of fused-ring (bicyclic) bond motifs is 4. The first kappa shape index (κ1) is 86.5. The molecule has 0 saturated carbocycles. The van der Waals surface area contributed by atoms with Gasteiger partial charge in [-0.25, -0.2) is 15.0 Å². The molecule has 4 aliphatic heterocycles. The fourth-order valence-corrected chi connectivity index (χ4v) is 16.4. The molecule has 0 unspecified atom stereocenters. The zero-order valence-electron chi connectivity index (χ0n) is 70.3. The van der Waals surface area contributed by atoms with E-state index in [0.717, 1.165) is 79.6 Å². The van der Waals surface area contributed by atoms with Gasteiger partial charge in [0.1, 0.15) is 42.0 Å². The zero-order chi connectivity index (χ0) is 88.3. The predicted octanol–water partition coefficient (Wildman–Crippen LogP) is 9.35. The number of ether oxygens (including phenoxy) is 1. The summed E-state index contributed by atoms with van der Waals surface area (Å²) in [6.07, 6.45) is 11.7. The van der Waals surface area contributed by atoms with Crippen molar-refractivity contribution in [2.75, 3.05) is 105 Å². The Bertz CT molecular complexity index is 6060. The largest absolute Gasteiger partial charge is 0.490 e. The summed E-state index contributed by atoms with van der Waals surface area (Å²) in [4.78, 5) is 134. The number of pyridine rings is 3. The molecule has 9 aromatic heterocycles. The van der Waals surface area contributed by atoms with Crippen LogP contribution < -0.4 is 37.5 Å². The lowest BCUT2D eigenvalue weighted by molar-refractivity contribution is -0.147.